The Morgan fingerprint density at radius 2 is 1.88 bits per heavy atom. The highest BCUT2D eigenvalue weighted by molar-refractivity contribution is 5.92. The van der Waals surface area contributed by atoms with Crippen LogP contribution in [0.25, 0.3) is 0 Å². The number of anilines is 2. The van der Waals surface area contributed by atoms with Gasteiger partial charge in [-0.1, -0.05) is 0 Å². The smallest absolute Gasteiger partial charge is 0.367 e. The summed E-state index contributed by atoms with van der Waals surface area (Å²) in [5.41, 5.74) is -1.59. The van der Waals surface area contributed by atoms with Crippen molar-refractivity contribution in [2.24, 2.45) is 0 Å². The third kappa shape index (κ3) is 6.01. The minimum absolute atomic E-state index is 0.102. The minimum atomic E-state index is -4.73. The van der Waals surface area contributed by atoms with Crippen LogP contribution < -0.4 is 26.4 Å². The summed E-state index contributed by atoms with van der Waals surface area (Å²) >= 11 is 0. The number of nitrogens with zero attached hydrogens (tertiary/aromatic N) is 4. The third-order valence-corrected chi connectivity index (χ3v) is 5.17. The number of hydrogen-bond donors (Lipinski definition) is 4. The summed E-state index contributed by atoms with van der Waals surface area (Å²) in [6.07, 6.45) is -4.73. The number of urea groups is 1. The van der Waals surface area contributed by atoms with E-state index in [-0.39, 0.29) is 36.8 Å². The first-order valence-corrected chi connectivity index (χ1v) is 10.5. The van der Waals surface area contributed by atoms with Crippen LogP contribution in [0.2, 0.25) is 0 Å². The van der Waals surface area contributed by atoms with Crippen molar-refractivity contribution in [3.8, 4) is 0 Å². The molecule has 1 aliphatic rings. The maximum Gasteiger partial charge on any atom is 0.435 e. The van der Waals surface area contributed by atoms with Gasteiger partial charge in [-0.05, 0) is 25.1 Å². The fraction of sp³-hybridized carbons (Fsp3) is 0.450. The van der Waals surface area contributed by atoms with Crippen LogP contribution in [0.3, 0.4) is 0 Å². The van der Waals surface area contributed by atoms with E-state index in [1.165, 1.54) is 25.2 Å². The van der Waals surface area contributed by atoms with Crippen molar-refractivity contribution in [3.63, 3.8) is 0 Å². The molecule has 0 atom stereocenters. The molecule has 2 aromatic heterocycles. The summed E-state index contributed by atoms with van der Waals surface area (Å²) in [6, 6.07) is 3.51. The second-order valence-corrected chi connectivity index (χ2v) is 7.50. The number of rotatable bonds is 6. The first-order valence-electron chi connectivity index (χ1n) is 10.5. The van der Waals surface area contributed by atoms with E-state index in [1.807, 2.05) is 4.90 Å². The van der Waals surface area contributed by atoms with Crippen LogP contribution in [0.4, 0.5) is 29.5 Å². The van der Waals surface area contributed by atoms with Crippen LogP contribution in [0.5, 0.6) is 0 Å². The van der Waals surface area contributed by atoms with E-state index in [1.54, 1.807) is 11.8 Å². The van der Waals surface area contributed by atoms with Crippen molar-refractivity contribution >= 4 is 23.4 Å². The molecule has 4 N–H and O–H groups in total. The van der Waals surface area contributed by atoms with Crippen LogP contribution in [-0.4, -0.2) is 71.8 Å². The lowest BCUT2D eigenvalue weighted by atomic mass is 10.2. The normalized spacial score (nSPS) is 14.6. The fourth-order valence-corrected chi connectivity index (χ4v) is 3.51. The van der Waals surface area contributed by atoms with Crippen LogP contribution in [0.1, 0.15) is 28.7 Å². The topological polar surface area (TPSA) is 135 Å². The van der Waals surface area contributed by atoms with Crippen molar-refractivity contribution in [2.45, 2.75) is 19.6 Å². The van der Waals surface area contributed by atoms with Crippen molar-refractivity contribution in [2.75, 3.05) is 50.0 Å². The van der Waals surface area contributed by atoms with Gasteiger partial charge in [0.05, 0.1) is 5.69 Å². The Labute approximate surface area is 192 Å². The van der Waals surface area contributed by atoms with Gasteiger partial charge in [0.1, 0.15) is 5.69 Å². The summed E-state index contributed by atoms with van der Waals surface area (Å²) < 4.78 is 40.9. The number of nitrogens with one attached hydrogen (secondary N) is 4. The van der Waals surface area contributed by atoms with Gasteiger partial charge in [0.15, 0.2) is 11.5 Å². The maximum atomic E-state index is 13.6. The van der Waals surface area contributed by atoms with E-state index >= 15 is 0 Å². The number of amides is 3. The lowest BCUT2D eigenvalue weighted by Gasteiger charge is -2.36. The standard InChI is InChI=1S/C20H25F3N8O3/c1-3-25-19(34)27-15-10-12(17(32)29-28-15)11-30-6-8-31(9-7-30)14-5-4-13(18(33)24-2)26-16(14)20(21,22)23/h4-5,10H,3,6-9,11H2,1-2H3,(H,24,33)(H,29,32)(H2,25,27,28,34). The number of hydrogen-bond acceptors (Lipinski definition) is 7. The number of carbonyl (C=O) groups is 2. The van der Waals surface area contributed by atoms with Gasteiger partial charge in [-0.15, -0.1) is 0 Å². The molecule has 1 aliphatic heterocycles. The summed E-state index contributed by atoms with van der Waals surface area (Å²) in [5, 5.41) is 13.4. The molecular weight excluding hydrogens is 457 g/mol. The van der Waals surface area contributed by atoms with Crippen molar-refractivity contribution in [1.82, 2.24) is 30.7 Å². The predicted molar refractivity (Wildman–Crippen MR) is 118 cm³/mol. The van der Waals surface area contributed by atoms with E-state index in [4.69, 9.17) is 0 Å². The van der Waals surface area contributed by atoms with E-state index in [9.17, 15) is 27.6 Å². The molecule has 0 bridgehead atoms. The Morgan fingerprint density at radius 1 is 1.18 bits per heavy atom. The first kappa shape index (κ1) is 25.0. The van der Waals surface area contributed by atoms with Crippen molar-refractivity contribution in [1.29, 1.82) is 0 Å². The second-order valence-electron chi connectivity index (χ2n) is 7.50. The molecular formula is C20H25F3N8O3. The molecule has 1 fully saturated rings. The molecule has 3 amide bonds. The first-order chi connectivity index (χ1) is 16.1. The Bertz CT molecular complexity index is 1100. The Hall–Kier alpha value is -3.68. The number of alkyl halides is 3. The molecule has 3 heterocycles. The average molecular weight is 482 g/mol. The molecule has 0 saturated carbocycles. The number of aromatic nitrogens is 3. The van der Waals surface area contributed by atoms with E-state index in [0.29, 0.717) is 25.2 Å². The van der Waals surface area contributed by atoms with Gasteiger partial charge in [0.2, 0.25) is 0 Å². The van der Waals surface area contributed by atoms with Crippen LogP contribution in [0.15, 0.2) is 23.0 Å². The molecule has 2 aromatic rings. The number of H-pyrrole nitrogens is 1. The van der Waals surface area contributed by atoms with Gasteiger partial charge in [-0.2, -0.15) is 18.3 Å². The zero-order valence-electron chi connectivity index (χ0n) is 18.6. The van der Waals surface area contributed by atoms with E-state index in [0.717, 1.165) is 0 Å². The molecule has 34 heavy (non-hydrogen) atoms. The zero-order chi connectivity index (χ0) is 24.9. The molecule has 11 nitrogen and oxygen atoms in total. The number of carbonyl (C=O) groups excluding carboxylic acids is 2. The number of piperazine rings is 1. The molecule has 184 valence electrons. The maximum absolute atomic E-state index is 13.6. The fourth-order valence-electron chi connectivity index (χ4n) is 3.51. The molecule has 0 spiro atoms. The van der Waals surface area contributed by atoms with Crippen molar-refractivity contribution in [3.05, 3.63) is 45.5 Å². The summed E-state index contributed by atoms with van der Waals surface area (Å²) in [4.78, 5) is 42.6. The highest BCUT2D eigenvalue weighted by Gasteiger charge is 2.38. The Morgan fingerprint density at radius 3 is 2.50 bits per heavy atom. The Kier molecular flexibility index (Phi) is 7.71. The zero-order valence-corrected chi connectivity index (χ0v) is 18.6. The highest BCUT2D eigenvalue weighted by atomic mass is 19.4. The van der Waals surface area contributed by atoms with Crippen LogP contribution >= 0.6 is 0 Å². The predicted octanol–water partition coefficient (Wildman–Crippen LogP) is 1.01. The SMILES string of the molecule is CCNC(=O)Nc1cc(CN2CCN(c3ccc(C(=O)NC)nc3C(F)(F)F)CC2)c(=O)[nH]n1. The largest absolute Gasteiger partial charge is 0.435 e. The summed E-state index contributed by atoms with van der Waals surface area (Å²) in [5.74, 6) is -0.526. The van der Waals surface area contributed by atoms with Crippen LogP contribution in [0, 0.1) is 0 Å². The van der Waals surface area contributed by atoms with E-state index in [2.05, 4.69) is 31.1 Å². The number of pyridine rings is 1. The molecule has 1 saturated heterocycles. The highest BCUT2D eigenvalue weighted by Crippen LogP contribution is 2.35. The monoisotopic (exact) mass is 482 g/mol. The lowest BCUT2D eigenvalue weighted by molar-refractivity contribution is -0.140. The number of aromatic amines is 1. The minimum Gasteiger partial charge on any atom is -0.367 e. The lowest BCUT2D eigenvalue weighted by Crippen LogP contribution is -2.47. The van der Waals surface area contributed by atoms with E-state index < -0.39 is 29.4 Å². The van der Waals surface area contributed by atoms with Gasteiger partial charge in [-0.25, -0.2) is 14.9 Å². The number of halogens is 3. The molecule has 0 aliphatic carbocycles. The van der Waals surface area contributed by atoms with Gasteiger partial charge in [0.25, 0.3) is 11.5 Å². The molecule has 0 radical (unpaired) electrons. The molecule has 14 heteroatoms. The third-order valence-electron chi connectivity index (χ3n) is 5.17. The van der Waals surface area contributed by atoms with Gasteiger partial charge in [0, 0.05) is 51.9 Å². The van der Waals surface area contributed by atoms with Gasteiger partial charge < -0.3 is 15.5 Å². The van der Waals surface area contributed by atoms with Crippen LogP contribution in [-0.2, 0) is 12.7 Å². The van der Waals surface area contributed by atoms with Gasteiger partial charge in [-0.3, -0.25) is 19.8 Å². The summed E-state index contributed by atoms with van der Waals surface area (Å²) in [6.45, 7) is 3.70. The average Bonchev–Trinajstić information content (AvgIpc) is 2.80. The molecule has 0 aromatic carbocycles. The van der Waals surface area contributed by atoms with Crippen molar-refractivity contribution < 1.29 is 22.8 Å². The molecule has 0 unspecified atom stereocenters. The summed E-state index contributed by atoms with van der Waals surface area (Å²) in [7, 11) is 1.32. The Balaban J connectivity index is 1.70. The second kappa shape index (κ2) is 10.5. The van der Waals surface area contributed by atoms with Gasteiger partial charge >= 0.3 is 12.2 Å². The quantitative estimate of drug-likeness (QED) is 0.483. The molecule has 3 rings (SSSR count).